The van der Waals surface area contributed by atoms with Crippen molar-refractivity contribution in [2.45, 2.75) is 65.1 Å². The average Bonchev–Trinajstić information content (AvgIpc) is 2.82. The summed E-state index contributed by atoms with van der Waals surface area (Å²) in [6.07, 6.45) is 3.22. The van der Waals surface area contributed by atoms with Gasteiger partial charge < -0.3 is 15.4 Å². The van der Waals surface area contributed by atoms with Crippen LogP contribution < -0.4 is 10.6 Å². The molecule has 1 fully saturated rings. The Morgan fingerprint density at radius 1 is 1.39 bits per heavy atom. The van der Waals surface area contributed by atoms with Crippen molar-refractivity contribution in [3.05, 3.63) is 0 Å². The highest BCUT2D eigenvalue weighted by Gasteiger charge is 2.25. The van der Waals surface area contributed by atoms with Crippen LogP contribution in [0.2, 0.25) is 0 Å². The van der Waals surface area contributed by atoms with Crippen LogP contribution in [0.15, 0.2) is 0 Å². The van der Waals surface area contributed by atoms with Gasteiger partial charge in [0.05, 0.1) is 12.6 Å². The van der Waals surface area contributed by atoms with Crippen LogP contribution in [0.4, 0.5) is 0 Å². The van der Waals surface area contributed by atoms with Gasteiger partial charge in [0.15, 0.2) is 0 Å². The third kappa shape index (κ3) is 4.94. The molecule has 4 heteroatoms. The van der Waals surface area contributed by atoms with Crippen molar-refractivity contribution in [2.24, 2.45) is 5.92 Å². The number of amides is 1. The fourth-order valence-corrected chi connectivity index (χ4v) is 2.43. The van der Waals surface area contributed by atoms with Gasteiger partial charge in [-0.2, -0.15) is 0 Å². The topological polar surface area (TPSA) is 50.4 Å². The summed E-state index contributed by atoms with van der Waals surface area (Å²) >= 11 is 0. The molecule has 0 bridgehead atoms. The first kappa shape index (κ1) is 15.4. The Hall–Kier alpha value is -0.610. The van der Waals surface area contributed by atoms with E-state index in [1.807, 2.05) is 6.92 Å². The van der Waals surface area contributed by atoms with Crippen molar-refractivity contribution >= 4 is 5.91 Å². The first-order valence-electron chi connectivity index (χ1n) is 7.18. The highest BCUT2D eigenvalue weighted by atomic mass is 16.5. The molecule has 4 nitrogen and oxygen atoms in total. The lowest BCUT2D eigenvalue weighted by Gasteiger charge is -2.24. The predicted octanol–water partition coefficient (Wildman–Crippen LogP) is 1.69. The van der Waals surface area contributed by atoms with E-state index in [0.29, 0.717) is 12.0 Å². The maximum absolute atomic E-state index is 12.0. The highest BCUT2D eigenvalue weighted by molar-refractivity contribution is 5.81. The Morgan fingerprint density at radius 3 is 2.67 bits per heavy atom. The van der Waals surface area contributed by atoms with Gasteiger partial charge >= 0.3 is 0 Å². The zero-order valence-corrected chi connectivity index (χ0v) is 12.2. The van der Waals surface area contributed by atoms with E-state index in [-0.39, 0.29) is 18.0 Å². The van der Waals surface area contributed by atoms with Crippen LogP contribution in [0.3, 0.4) is 0 Å². The summed E-state index contributed by atoms with van der Waals surface area (Å²) in [5, 5.41) is 6.42. The Kier molecular flexibility index (Phi) is 6.65. The molecule has 0 spiro atoms. The lowest BCUT2D eigenvalue weighted by atomic mass is 10.00. The van der Waals surface area contributed by atoms with Crippen LogP contribution in [-0.4, -0.2) is 37.2 Å². The van der Waals surface area contributed by atoms with E-state index in [1.165, 1.54) is 0 Å². The molecule has 1 aliphatic heterocycles. The Balaban J connectivity index is 2.29. The van der Waals surface area contributed by atoms with Gasteiger partial charge in [0.2, 0.25) is 5.91 Å². The minimum absolute atomic E-state index is 0.0988. The molecular weight excluding hydrogens is 228 g/mol. The van der Waals surface area contributed by atoms with Gasteiger partial charge in [-0.1, -0.05) is 13.3 Å². The lowest BCUT2D eigenvalue weighted by molar-refractivity contribution is -0.123. The third-order valence-electron chi connectivity index (χ3n) is 3.69. The molecule has 4 atom stereocenters. The molecule has 0 radical (unpaired) electrons. The van der Waals surface area contributed by atoms with Crippen molar-refractivity contribution < 1.29 is 9.53 Å². The van der Waals surface area contributed by atoms with Gasteiger partial charge in [0, 0.05) is 18.7 Å². The summed E-state index contributed by atoms with van der Waals surface area (Å²) in [4.78, 5) is 12.0. The van der Waals surface area contributed by atoms with Crippen LogP contribution in [0.1, 0.15) is 47.0 Å². The Bertz CT molecular complexity index is 252. The standard InChI is InChI=1S/C14H28N2O2/c1-5-6-10(2)15-14(17)12(4)16-11(3)13-7-8-18-9-13/h10-13,16H,5-9H2,1-4H3,(H,15,17). The number of hydrogen-bond acceptors (Lipinski definition) is 3. The summed E-state index contributed by atoms with van der Waals surface area (Å²) in [6, 6.07) is 0.450. The molecule has 0 aliphatic carbocycles. The monoisotopic (exact) mass is 256 g/mol. The quantitative estimate of drug-likeness (QED) is 0.729. The Labute approximate surface area is 111 Å². The van der Waals surface area contributed by atoms with Crippen LogP contribution >= 0.6 is 0 Å². The van der Waals surface area contributed by atoms with Crippen LogP contribution in [0.5, 0.6) is 0 Å². The van der Waals surface area contributed by atoms with Crippen LogP contribution in [0.25, 0.3) is 0 Å². The minimum atomic E-state index is -0.139. The van der Waals surface area contributed by atoms with E-state index in [0.717, 1.165) is 32.5 Å². The zero-order valence-electron chi connectivity index (χ0n) is 12.2. The minimum Gasteiger partial charge on any atom is -0.381 e. The zero-order chi connectivity index (χ0) is 13.5. The van der Waals surface area contributed by atoms with Crippen molar-refractivity contribution in [2.75, 3.05) is 13.2 Å². The van der Waals surface area contributed by atoms with Crippen molar-refractivity contribution in [3.8, 4) is 0 Å². The van der Waals surface area contributed by atoms with Crippen LogP contribution in [0, 0.1) is 5.92 Å². The molecule has 0 aromatic heterocycles. The van der Waals surface area contributed by atoms with Crippen molar-refractivity contribution in [1.82, 2.24) is 10.6 Å². The molecule has 4 unspecified atom stereocenters. The van der Waals surface area contributed by atoms with E-state index in [2.05, 4.69) is 31.4 Å². The molecule has 1 aliphatic rings. The highest BCUT2D eigenvalue weighted by Crippen LogP contribution is 2.16. The molecular formula is C14H28N2O2. The van der Waals surface area contributed by atoms with Crippen molar-refractivity contribution in [3.63, 3.8) is 0 Å². The number of rotatable bonds is 7. The summed E-state index contributed by atoms with van der Waals surface area (Å²) in [6.45, 7) is 9.92. The second kappa shape index (κ2) is 7.74. The van der Waals surface area contributed by atoms with Gasteiger partial charge in [-0.15, -0.1) is 0 Å². The molecule has 2 N–H and O–H groups in total. The number of nitrogens with one attached hydrogen (secondary N) is 2. The van der Waals surface area contributed by atoms with Gasteiger partial charge in [-0.25, -0.2) is 0 Å². The summed E-state index contributed by atoms with van der Waals surface area (Å²) in [5.74, 6) is 0.634. The first-order chi connectivity index (χ1) is 8.54. The maximum atomic E-state index is 12.0. The molecule has 0 aromatic carbocycles. The first-order valence-corrected chi connectivity index (χ1v) is 7.18. The smallest absolute Gasteiger partial charge is 0.237 e. The molecule has 1 saturated heterocycles. The fraction of sp³-hybridized carbons (Fsp3) is 0.929. The number of hydrogen-bond donors (Lipinski definition) is 2. The van der Waals surface area contributed by atoms with Gasteiger partial charge in [-0.3, -0.25) is 4.79 Å². The van der Waals surface area contributed by atoms with Gasteiger partial charge in [0.1, 0.15) is 0 Å². The molecule has 0 aromatic rings. The summed E-state index contributed by atoms with van der Waals surface area (Å²) < 4.78 is 5.38. The molecule has 1 rings (SSSR count). The van der Waals surface area contributed by atoms with E-state index in [4.69, 9.17) is 4.74 Å². The molecule has 1 heterocycles. The number of carbonyl (C=O) groups is 1. The summed E-state index contributed by atoms with van der Waals surface area (Å²) in [5.41, 5.74) is 0. The van der Waals surface area contributed by atoms with Crippen molar-refractivity contribution in [1.29, 1.82) is 0 Å². The second-order valence-corrected chi connectivity index (χ2v) is 5.50. The average molecular weight is 256 g/mol. The van der Waals surface area contributed by atoms with E-state index in [1.54, 1.807) is 0 Å². The van der Waals surface area contributed by atoms with E-state index >= 15 is 0 Å². The van der Waals surface area contributed by atoms with E-state index < -0.39 is 0 Å². The van der Waals surface area contributed by atoms with Gasteiger partial charge in [0.25, 0.3) is 0 Å². The molecule has 0 saturated carbocycles. The van der Waals surface area contributed by atoms with Crippen LogP contribution in [-0.2, 0) is 9.53 Å². The maximum Gasteiger partial charge on any atom is 0.237 e. The lowest BCUT2D eigenvalue weighted by Crippen LogP contribution is -2.49. The number of ether oxygens (including phenoxy) is 1. The van der Waals surface area contributed by atoms with E-state index in [9.17, 15) is 4.79 Å². The SMILES string of the molecule is CCCC(C)NC(=O)C(C)NC(C)C1CCOC1. The van der Waals surface area contributed by atoms with Gasteiger partial charge in [-0.05, 0) is 39.5 Å². The largest absolute Gasteiger partial charge is 0.381 e. The third-order valence-corrected chi connectivity index (χ3v) is 3.69. The molecule has 106 valence electrons. The Morgan fingerprint density at radius 2 is 2.11 bits per heavy atom. The summed E-state index contributed by atoms with van der Waals surface area (Å²) in [7, 11) is 0. The predicted molar refractivity (Wildman–Crippen MR) is 73.5 cm³/mol. The normalized spacial score (nSPS) is 24.6. The molecule has 1 amide bonds. The number of carbonyl (C=O) groups excluding carboxylic acids is 1. The fourth-order valence-electron chi connectivity index (χ4n) is 2.43. The second-order valence-electron chi connectivity index (χ2n) is 5.50. The molecule has 18 heavy (non-hydrogen) atoms.